The summed E-state index contributed by atoms with van der Waals surface area (Å²) >= 11 is 0. The van der Waals surface area contributed by atoms with E-state index in [1.165, 1.54) is 0 Å². The van der Waals surface area contributed by atoms with Gasteiger partial charge >= 0.3 is 0 Å². The van der Waals surface area contributed by atoms with Gasteiger partial charge in [0.25, 0.3) is 5.91 Å². The molecule has 0 spiro atoms. The van der Waals surface area contributed by atoms with Crippen LogP contribution in [0.3, 0.4) is 0 Å². The van der Waals surface area contributed by atoms with E-state index >= 15 is 0 Å². The number of likely N-dealkylation sites (N-methyl/N-ethyl adjacent to an activating group) is 1. The van der Waals surface area contributed by atoms with Crippen molar-refractivity contribution in [1.82, 2.24) is 14.8 Å². The van der Waals surface area contributed by atoms with Crippen LogP contribution in [0, 0.1) is 0 Å². The summed E-state index contributed by atoms with van der Waals surface area (Å²) in [6.45, 7) is 6.72. The lowest BCUT2D eigenvalue weighted by Gasteiger charge is -2.34. The fraction of sp³-hybridized carbons (Fsp3) is 0.333. The summed E-state index contributed by atoms with van der Waals surface area (Å²) in [5, 5.41) is 0. The van der Waals surface area contributed by atoms with E-state index in [9.17, 15) is 4.79 Å². The van der Waals surface area contributed by atoms with Crippen molar-refractivity contribution in [2.24, 2.45) is 0 Å². The van der Waals surface area contributed by atoms with E-state index < -0.39 is 0 Å². The quantitative estimate of drug-likeness (QED) is 0.873. The van der Waals surface area contributed by atoms with Crippen LogP contribution in [0.2, 0.25) is 0 Å². The Morgan fingerprint density at radius 2 is 1.77 bits per heavy atom. The van der Waals surface area contributed by atoms with Crippen LogP contribution in [0.15, 0.2) is 48.7 Å². The number of carbonyl (C=O) groups is 1. The molecule has 4 heteroatoms. The summed E-state index contributed by atoms with van der Waals surface area (Å²) in [4.78, 5) is 21.2. The summed E-state index contributed by atoms with van der Waals surface area (Å²) in [6.07, 6.45) is 1.69. The lowest BCUT2D eigenvalue weighted by Crippen LogP contribution is -2.48. The minimum absolute atomic E-state index is 0.0860. The number of amides is 1. The molecule has 22 heavy (non-hydrogen) atoms. The van der Waals surface area contributed by atoms with Crippen molar-refractivity contribution in [2.45, 2.75) is 6.92 Å². The molecule has 1 saturated heterocycles. The highest BCUT2D eigenvalue weighted by Crippen LogP contribution is 2.17. The molecule has 2 heterocycles. The predicted octanol–water partition coefficient (Wildman–Crippen LogP) is 2.53. The molecule has 1 amide bonds. The zero-order valence-corrected chi connectivity index (χ0v) is 12.9. The largest absolute Gasteiger partial charge is 0.336 e. The molecular formula is C18H21N3O. The molecule has 1 fully saturated rings. The van der Waals surface area contributed by atoms with E-state index in [0.29, 0.717) is 5.56 Å². The number of carbonyl (C=O) groups excluding carboxylic acids is 1. The van der Waals surface area contributed by atoms with Gasteiger partial charge in [-0.05, 0) is 18.7 Å². The zero-order valence-electron chi connectivity index (χ0n) is 12.9. The van der Waals surface area contributed by atoms with Gasteiger partial charge in [-0.3, -0.25) is 9.78 Å². The van der Waals surface area contributed by atoms with E-state index in [1.807, 2.05) is 47.4 Å². The molecule has 0 saturated carbocycles. The summed E-state index contributed by atoms with van der Waals surface area (Å²) in [7, 11) is 0. The molecule has 0 aliphatic carbocycles. The number of rotatable bonds is 3. The number of piperazine rings is 1. The molecule has 0 unspecified atom stereocenters. The van der Waals surface area contributed by atoms with Gasteiger partial charge in [-0.15, -0.1) is 0 Å². The van der Waals surface area contributed by atoms with Crippen LogP contribution in [0.5, 0.6) is 0 Å². The number of hydrogen-bond donors (Lipinski definition) is 0. The fourth-order valence-corrected chi connectivity index (χ4v) is 2.75. The van der Waals surface area contributed by atoms with Crippen LogP contribution in [-0.2, 0) is 0 Å². The standard InChI is InChI=1S/C18H21N3O/c1-2-20-10-12-21(13-11-20)18(22)16-8-9-17(19-14-16)15-6-4-3-5-7-15/h3-9,14H,2,10-13H2,1H3. The van der Waals surface area contributed by atoms with Gasteiger partial charge in [0.05, 0.1) is 11.3 Å². The third-order valence-electron chi connectivity index (χ3n) is 4.19. The van der Waals surface area contributed by atoms with Gasteiger partial charge in [0, 0.05) is 37.9 Å². The highest BCUT2D eigenvalue weighted by Gasteiger charge is 2.21. The zero-order chi connectivity index (χ0) is 15.4. The molecule has 0 atom stereocenters. The lowest BCUT2D eigenvalue weighted by atomic mass is 10.1. The van der Waals surface area contributed by atoms with E-state index in [4.69, 9.17) is 0 Å². The number of pyridine rings is 1. The molecule has 3 rings (SSSR count). The highest BCUT2D eigenvalue weighted by molar-refractivity contribution is 5.94. The topological polar surface area (TPSA) is 36.4 Å². The Kier molecular flexibility index (Phi) is 4.49. The van der Waals surface area contributed by atoms with Crippen molar-refractivity contribution in [2.75, 3.05) is 32.7 Å². The second-order valence-corrected chi connectivity index (χ2v) is 5.52. The van der Waals surface area contributed by atoms with E-state index in [-0.39, 0.29) is 5.91 Å². The van der Waals surface area contributed by atoms with Crippen LogP contribution in [0.4, 0.5) is 0 Å². The Bertz CT molecular complexity index is 617. The van der Waals surface area contributed by atoms with Crippen molar-refractivity contribution in [3.05, 3.63) is 54.2 Å². The maximum atomic E-state index is 12.5. The van der Waals surface area contributed by atoms with Gasteiger partial charge in [-0.25, -0.2) is 0 Å². The van der Waals surface area contributed by atoms with Crippen molar-refractivity contribution < 1.29 is 4.79 Å². The Hall–Kier alpha value is -2.20. The average molecular weight is 295 g/mol. The van der Waals surface area contributed by atoms with Crippen molar-refractivity contribution >= 4 is 5.91 Å². The molecule has 1 aromatic carbocycles. The van der Waals surface area contributed by atoms with Crippen molar-refractivity contribution in [3.63, 3.8) is 0 Å². The predicted molar refractivity (Wildman–Crippen MR) is 87.7 cm³/mol. The first-order valence-electron chi connectivity index (χ1n) is 7.81. The average Bonchev–Trinajstić information content (AvgIpc) is 2.62. The first kappa shape index (κ1) is 14.7. The number of aromatic nitrogens is 1. The Morgan fingerprint density at radius 1 is 1.05 bits per heavy atom. The van der Waals surface area contributed by atoms with E-state index in [2.05, 4.69) is 16.8 Å². The smallest absolute Gasteiger partial charge is 0.255 e. The van der Waals surface area contributed by atoms with Gasteiger partial charge in [-0.2, -0.15) is 0 Å². The van der Waals surface area contributed by atoms with Gasteiger partial charge in [0.1, 0.15) is 0 Å². The first-order chi connectivity index (χ1) is 10.8. The van der Waals surface area contributed by atoms with Crippen LogP contribution in [0.1, 0.15) is 17.3 Å². The van der Waals surface area contributed by atoms with E-state index in [1.54, 1.807) is 6.20 Å². The number of benzene rings is 1. The molecule has 0 N–H and O–H groups in total. The van der Waals surface area contributed by atoms with Gasteiger partial charge < -0.3 is 9.80 Å². The SMILES string of the molecule is CCN1CCN(C(=O)c2ccc(-c3ccccc3)nc2)CC1. The summed E-state index contributed by atoms with van der Waals surface area (Å²) < 4.78 is 0. The molecule has 1 aromatic heterocycles. The lowest BCUT2D eigenvalue weighted by molar-refractivity contribution is 0.0643. The molecule has 1 aliphatic heterocycles. The Balaban J connectivity index is 1.69. The highest BCUT2D eigenvalue weighted by atomic mass is 16.2. The third-order valence-corrected chi connectivity index (χ3v) is 4.19. The minimum Gasteiger partial charge on any atom is -0.336 e. The van der Waals surface area contributed by atoms with Gasteiger partial charge in [0.15, 0.2) is 0 Å². The van der Waals surface area contributed by atoms with Crippen LogP contribution >= 0.6 is 0 Å². The molecule has 0 bridgehead atoms. The molecule has 4 nitrogen and oxygen atoms in total. The molecule has 114 valence electrons. The molecule has 0 radical (unpaired) electrons. The molecular weight excluding hydrogens is 274 g/mol. The number of nitrogens with zero attached hydrogens (tertiary/aromatic N) is 3. The van der Waals surface area contributed by atoms with Crippen LogP contribution in [0.25, 0.3) is 11.3 Å². The Labute approximate surface area is 131 Å². The Morgan fingerprint density at radius 3 is 2.36 bits per heavy atom. The normalized spacial score (nSPS) is 15.8. The summed E-state index contributed by atoms with van der Waals surface area (Å²) in [5.74, 6) is 0.0860. The molecule has 1 aliphatic rings. The van der Waals surface area contributed by atoms with Crippen LogP contribution < -0.4 is 0 Å². The summed E-state index contributed by atoms with van der Waals surface area (Å²) in [6, 6.07) is 13.8. The second-order valence-electron chi connectivity index (χ2n) is 5.52. The molecule has 2 aromatic rings. The number of hydrogen-bond acceptors (Lipinski definition) is 3. The van der Waals surface area contributed by atoms with Gasteiger partial charge in [-0.1, -0.05) is 37.3 Å². The fourth-order valence-electron chi connectivity index (χ4n) is 2.75. The second kappa shape index (κ2) is 6.71. The first-order valence-corrected chi connectivity index (χ1v) is 7.81. The maximum absolute atomic E-state index is 12.5. The van der Waals surface area contributed by atoms with Crippen molar-refractivity contribution in [3.8, 4) is 11.3 Å². The monoisotopic (exact) mass is 295 g/mol. The van der Waals surface area contributed by atoms with Gasteiger partial charge in [0.2, 0.25) is 0 Å². The minimum atomic E-state index is 0.0860. The van der Waals surface area contributed by atoms with E-state index in [0.717, 1.165) is 44.0 Å². The third kappa shape index (κ3) is 3.17. The van der Waals surface area contributed by atoms with Crippen molar-refractivity contribution in [1.29, 1.82) is 0 Å². The summed E-state index contributed by atoms with van der Waals surface area (Å²) in [5.41, 5.74) is 2.63. The van der Waals surface area contributed by atoms with Crippen LogP contribution in [-0.4, -0.2) is 53.4 Å². The maximum Gasteiger partial charge on any atom is 0.255 e.